The van der Waals surface area contributed by atoms with Crippen LogP contribution in [0.15, 0.2) is 59.5 Å². The van der Waals surface area contributed by atoms with E-state index in [4.69, 9.17) is 0 Å². The van der Waals surface area contributed by atoms with Gasteiger partial charge in [-0.2, -0.15) is 17.5 Å². The van der Waals surface area contributed by atoms with Crippen LogP contribution in [0.3, 0.4) is 0 Å². The fraction of sp³-hybridized carbons (Fsp3) is 0.211. The molecule has 2 aliphatic heterocycles. The van der Waals surface area contributed by atoms with E-state index in [0.717, 1.165) is 5.54 Å². The monoisotopic (exact) mass is 467 g/mol. The fourth-order valence-electron chi connectivity index (χ4n) is 4.17. The minimum atomic E-state index is -0.972. The molecule has 0 fully saturated rings. The molecule has 1 radical (unpaired) electrons. The van der Waals surface area contributed by atoms with E-state index >= 15 is 0 Å². The van der Waals surface area contributed by atoms with Crippen LogP contribution in [0.2, 0.25) is 13.1 Å². The van der Waals surface area contributed by atoms with E-state index in [-0.39, 0.29) is 51.0 Å². The SMILES string of the molecule is CC1=C2c3ccsc3C1[Si]2(C)C.[Cl-].[Cl-].[Zr+3].c1ccc2[cH-]ccc2c1. The number of hydrogen-bond acceptors (Lipinski definition) is 1. The van der Waals surface area contributed by atoms with Gasteiger partial charge in [-0.1, -0.05) is 29.9 Å². The van der Waals surface area contributed by atoms with Crippen molar-refractivity contribution in [1.82, 2.24) is 0 Å². The van der Waals surface area contributed by atoms with Crippen molar-refractivity contribution in [3.63, 3.8) is 0 Å². The maximum Gasteiger partial charge on any atom is 3.00 e. The molecular weight excluding hydrogens is 450 g/mol. The summed E-state index contributed by atoms with van der Waals surface area (Å²) in [5.41, 5.74) is 4.19. The van der Waals surface area contributed by atoms with Gasteiger partial charge in [-0.05, 0) is 23.9 Å². The Morgan fingerprint density at radius 3 is 2.38 bits per heavy atom. The quantitative estimate of drug-likeness (QED) is 0.321. The molecule has 6 rings (SSSR count). The van der Waals surface area contributed by atoms with Gasteiger partial charge in [0, 0.05) is 10.4 Å². The normalized spacial score (nSPS) is 18.2. The molecule has 1 atom stereocenters. The van der Waals surface area contributed by atoms with Gasteiger partial charge in [0.05, 0.1) is 8.07 Å². The molecule has 1 unspecified atom stereocenters. The zero-order chi connectivity index (χ0) is 14.6. The molecule has 0 saturated carbocycles. The van der Waals surface area contributed by atoms with Crippen molar-refractivity contribution in [2.45, 2.75) is 25.6 Å². The van der Waals surface area contributed by atoms with Crippen LogP contribution in [0.1, 0.15) is 22.9 Å². The van der Waals surface area contributed by atoms with Crippen LogP contribution in [-0.4, -0.2) is 8.07 Å². The topological polar surface area (TPSA) is 0 Å². The molecule has 0 saturated heterocycles. The maximum atomic E-state index is 2.51. The van der Waals surface area contributed by atoms with E-state index in [1.54, 1.807) is 21.2 Å². The number of allylic oxidation sites excluding steroid dienone is 1. The smallest absolute Gasteiger partial charge is 1.00 e. The molecule has 1 aliphatic carbocycles. The minimum Gasteiger partial charge on any atom is -1.00 e. The van der Waals surface area contributed by atoms with E-state index in [1.807, 2.05) is 11.3 Å². The molecule has 1 aromatic heterocycles. The van der Waals surface area contributed by atoms with Crippen molar-refractivity contribution in [2.24, 2.45) is 0 Å². The summed E-state index contributed by atoms with van der Waals surface area (Å²) in [6, 6.07) is 17.0. The first-order chi connectivity index (χ1) is 10.1. The van der Waals surface area contributed by atoms with Gasteiger partial charge >= 0.3 is 26.2 Å². The molecule has 0 amide bonds. The second kappa shape index (κ2) is 8.10. The number of halogens is 2. The standard InChI is InChI=1S/C10H12SSi.C9H7.2ClH.Zr/c1-6-9-7-4-5-11-8(7)10(6)12(9,2)3;1-2-5-9-7-3-6-8(9)4-1;;;/h4-5,10H,1-3H3;1-7H;2*1H;/q;-1;;;+3/p-2. The molecule has 0 N–H and O–H groups in total. The number of rotatable bonds is 0. The zero-order valence-corrected chi connectivity index (χ0v) is 19.7. The minimum absolute atomic E-state index is 0. The van der Waals surface area contributed by atoms with E-state index in [9.17, 15) is 0 Å². The summed E-state index contributed by atoms with van der Waals surface area (Å²) >= 11 is 1.96. The molecule has 0 nitrogen and oxygen atoms in total. The summed E-state index contributed by atoms with van der Waals surface area (Å²) in [6.45, 7) is 7.34. The Morgan fingerprint density at radius 1 is 1.04 bits per heavy atom. The molecule has 5 heteroatoms. The summed E-state index contributed by atoms with van der Waals surface area (Å²) in [5.74, 6) is 0. The predicted octanol–water partition coefficient (Wildman–Crippen LogP) is -0.0166. The van der Waals surface area contributed by atoms with Crippen molar-refractivity contribution < 1.29 is 51.0 Å². The molecule has 2 aromatic carbocycles. The number of fused-ring (bicyclic) bond motifs is 1. The third-order valence-corrected chi connectivity index (χ3v) is 10.3. The molecule has 24 heavy (non-hydrogen) atoms. The Kier molecular flexibility index (Phi) is 7.42. The average molecular weight is 470 g/mol. The largest absolute Gasteiger partial charge is 3.00 e. The van der Waals surface area contributed by atoms with Gasteiger partial charge in [-0.25, -0.2) is 0 Å². The summed E-state index contributed by atoms with van der Waals surface area (Å²) in [7, 11) is -0.972. The van der Waals surface area contributed by atoms with Gasteiger partial charge in [0.15, 0.2) is 0 Å². The van der Waals surface area contributed by atoms with Crippen LogP contribution >= 0.6 is 11.3 Å². The van der Waals surface area contributed by atoms with Gasteiger partial charge in [-0.3, -0.25) is 0 Å². The Bertz CT molecular complexity index is 833. The van der Waals surface area contributed by atoms with Crippen molar-refractivity contribution in [3.05, 3.63) is 69.9 Å². The molecule has 2 bridgehead atoms. The second-order valence-electron chi connectivity index (χ2n) is 6.57. The van der Waals surface area contributed by atoms with Crippen LogP contribution in [0.5, 0.6) is 0 Å². The van der Waals surface area contributed by atoms with Gasteiger partial charge in [-0.15, -0.1) is 41.0 Å². The number of thiophene rings is 1. The van der Waals surface area contributed by atoms with Crippen molar-refractivity contribution in [2.75, 3.05) is 0 Å². The third kappa shape index (κ3) is 3.19. The summed E-state index contributed by atoms with van der Waals surface area (Å²) in [5, 5.41) is 6.67. The van der Waals surface area contributed by atoms with Crippen molar-refractivity contribution in [3.8, 4) is 0 Å². The van der Waals surface area contributed by atoms with Crippen LogP contribution < -0.4 is 24.8 Å². The van der Waals surface area contributed by atoms with Gasteiger partial charge in [0.2, 0.25) is 0 Å². The molecule has 3 aromatic rings. The second-order valence-corrected chi connectivity index (χ2v) is 12.0. The fourth-order valence-corrected chi connectivity index (χ4v) is 10.5. The molecule has 0 spiro atoms. The number of hydrogen-bond donors (Lipinski definition) is 0. The summed E-state index contributed by atoms with van der Waals surface area (Å²) in [4.78, 5) is 1.68. The Labute approximate surface area is 180 Å². The van der Waals surface area contributed by atoms with Crippen LogP contribution in [0, 0.1) is 0 Å². The first-order valence-electron chi connectivity index (χ1n) is 7.50. The van der Waals surface area contributed by atoms with Crippen LogP contribution in [0.25, 0.3) is 16.0 Å². The van der Waals surface area contributed by atoms with Crippen molar-refractivity contribution >= 4 is 35.4 Å². The predicted molar refractivity (Wildman–Crippen MR) is 96.7 cm³/mol. The van der Waals surface area contributed by atoms with Gasteiger partial charge < -0.3 is 24.8 Å². The maximum absolute atomic E-state index is 2.51. The summed E-state index contributed by atoms with van der Waals surface area (Å²) < 4.78 is 0. The first kappa shape index (κ1) is 22.0. The Morgan fingerprint density at radius 2 is 1.75 bits per heavy atom. The third-order valence-electron chi connectivity index (χ3n) is 4.97. The molecular formula is C19H19Cl2SSiZr. The van der Waals surface area contributed by atoms with E-state index in [2.05, 4.69) is 73.9 Å². The van der Waals surface area contributed by atoms with Gasteiger partial charge in [0.25, 0.3) is 0 Å². The Hall–Kier alpha value is -0.0500. The van der Waals surface area contributed by atoms with Crippen LogP contribution in [-0.2, 0) is 26.2 Å². The first-order valence-corrected chi connectivity index (χ1v) is 11.5. The molecule has 3 aliphatic rings. The van der Waals surface area contributed by atoms with E-state index in [1.165, 1.54) is 10.8 Å². The Balaban J connectivity index is 0.000000220. The van der Waals surface area contributed by atoms with Crippen molar-refractivity contribution in [1.29, 1.82) is 0 Å². The molecule has 3 heterocycles. The average Bonchev–Trinajstić information content (AvgIpc) is 3.14. The summed E-state index contributed by atoms with van der Waals surface area (Å²) in [6.07, 6.45) is 0. The van der Waals surface area contributed by atoms with E-state index in [0.29, 0.717) is 0 Å². The van der Waals surface area contributed by atoms with Crippen LogP contribution in [0.4, 0.5) is 0 Å². The van der Waals surface area contributed by atoms with E-state index < -0.39 is 8.07 Å². The number of benzene rings is 1. The van der Waals surface area contributed by atoms with Gasteiger partial charge in [0.1, 0.15) is 0 Å². The zero-order valence-electron chi connectivity index (χ0n) is 13.9. The molecule has 123 valence electrons.